The maximum absolute atomic E-state index is 11.7. The summed E-state index contributed by atoms with van der Waals surface area (Å²) in [7, 11) is 0. The minimum absolute atomic E-state index is 0.200. The summed E-state index contributed by atoms with van der Waals surface area (Å²) < 4.78 is 0. The van der Waals surface area contributed by atoms with E-state index in [-0.39, 0.29) is 11.4 Å². The molecule has 16 heavy (non-hydrogen) atoms. The van der Waals surface area contributed by atoms with Gasteiger partial charge < -0.3 is 10.1 Å². The van der Waals surface area contributed by atoms with Gasteiger partial charge in [0, 0.05) is 5.38 Å². The summed E-state index contributed by atoms with van der Waals surface area (Å²) in [5.41, 5.74) is 2.26. The number of hydrogen-bond acceptors (Lipinski definition) is 5. The number of aromatic amines is 1. The molecule has 5 nitrogen and oxygen atoms in total. The summed E-state index contributed by atoms with van der Waals surface area (Å²) in [6.45, 7) is 1.94. The molecular weight excluding hydrogens is 226 g/mol. The molecule has 0 saturated heterocycles. The van der Waals surface area contributed by atoms with E-state index in [1.54, 1.807) is 10.9 Å². The van der Waals surface area contributed by atoms with Crippen molar-refractivity contribution < 1.29 is 5.11 Å². The smallest absolute Gasteiger partial charge is 0.258 e. The average Bonchev–Trinajstić information content (AvgIpc) is 2.76. The zero-order chi connectivity index (χ0) is 11.5. The largest absolute Gasteiger partial charge is 0.493 e. The van der Waals surface area contributed by atoms with Crippen LogP contribution in [0.5, 0.6) is 5.88 Å². The van der Waals surface area contributed by atoms with E-state index in [9.17, 15) is 9.90 Å². The van der Waals surface area contributed by atoms with Crippen molar-refractivity contribution in [3.8, 4) is 17.4 Å². The molecule has 0 aliphatic rings. The molecule has 2 aromatic rings. The fourth-order valence-electron chi connectivity index (χ4n) is 1.41. The van der Waals surface area contributed by atoms with Crippen molar-refractivity contribution in [2.75, 3.05) is 0 Å². The van der Waals surface area contributed by atoms with Gasteiger partial charge in [-0.05, 0) is 6.42 Å². The predicted octanol–water partition coefficient (Wildman–Crippen LogP) is 1.55. The van der Waals surface area contributed by atoms with E-state index >= 15 is 0 Å². The highest BCUT2D eigenvalue weighted by atomic mass is 32.1. The highest BCUT2D eigenvalue weighted by Crippen LogP contribution is 2.17. The summed E-state index contributed by atoms with van der Waals surface area (Å²) in [4.78, 5) is 22.2. The number of aromatic nitrogens is 3. The number of hydrogen-bond donors (Lipinski definition) is 2. The van der Waals surface area contributed by atoms with Gasteiger partial charge >= 0.3 is 0 Å². The van der Waals surface area contributed by atoms with Crippen LogP contribution in [-0.2, 0) is 6.42 Å². The number of nitrogens with zero attached hydrogens (tertiary/aromatic N) is 2. The zero-order valence-electron chi connectivity index (χ0n) is 8.73. The maximum Gasteiger partial charge on any atom is 0.258 e. The average molecular weight is 237 g/mol. The van der Waals surface area contributed by atoms with Crippen molar-refractivity contribution in [1.29, 1.82) is 0 Å². The van der Waals surface area contributed by atoms with Crippen LogP contribution in [0.4, 0.5) is 0 Å². The maximum atomic E-state index is 11.7. The lowest BCUT2D eigenvalue weighted by Crippen LogP contribution is -2.15. The summed E-state index contributed by atoms with van der Waals surface area (Å²) in [5, 5.41) is 11.4. The summed E-state index contributed by atoms with van der Waals surface area (Å²) in [5.74, 6) is 0.109. The number of rotatable bonds is 3. The first-order valence-electron chi connectivity index (χ1n) is 4.93. The van der Waals surface area contributed by atoms with Crippen LogP contribution in [0.15, 0.2) is 15.7 Å². The fraction of sp³-hybridized carbons (Fsp3) is 0.300. The third-order valence-corrected chi connectivity index (χ3v) is 2.76. The molecule has 0 aliphatic heterocycles. The number of aromatic hydroxyl groups is 1. The normalized spacial score (nSPS) is 10.6. The highest BCUT2D eigenvalue weighted by molar-refractivity contribution is 7.07. The van der Waals surface area contributed by atoms with Crippen LogP contribution in [0, 0.1) is 0 Å². The number of thiazole rings is 1. The Balaban J connectivity index is 2.49. The quantitative estimate of drug-likeness (QED) is 0.849. The number of nitrogens with one attached hydrogen (secondary N) is 1. The zero-order valence-corrected chi connectivity index (χ0v) is 9.54. The molecule has 2 N–H and O–H groups in total. The Hall–Kier alpha value is -1.69. The molecule has 0 saturated carbocycles. The SMILES string of the molecule is CCCc1c(O)nc(-c2cscn2)[nH]c1=O. The van der Waals surface area contributed by atoms with Gasteiger partial charge in [0.2, 0.25) is 5.88 Å². The Morgan fingerprint density at radius 3 is 2.94 bits per heavy atom. The fourth-order valence-corrected chi connectivity index (χ4v) is 1.95. The molecule has 2 aromatic heterocycles. The lowest BCUT2D eigenvalue weighted by Gasteiger charge is -2.02. The van der Waals surface area contributed by atoms with Gasteiger partial charge in [0.15, 0.2) is 5.82 Å². The molecule has 0 radical (unpaired) electrons. The van der Waals surface area contributed by atoms with E-state index in [0.717, 1.165) is 6.42 Å². The monoisotopic (exact) mass is 237 g/mol. The molecule has 0 aromatic carbocycles. The van der Waals surface area contributed by atoms with Gasteiger partial charge in [0.1, 0.15) is 5.69 Å². The third-order valence-electron chi connectivity index (χ3n) is 2.17. The Morgan fingerprint density at radius 1 is 1.56 bits per heavy atom. The lowest BCUT2D eigenvalue weighted by molar-refractivity contribution is 0.443. The van der Waals surface area contributed by atoms with Gasteiger partial charge in [-0.25, -0.2) is 4.98 Å². The standard InChI is InChI=1S/C10H11N3O2S/c1-2-3-6-9(14)12-8(13-10(6)15)7-4-16-5-11-7/h4-5H,2-3H2,1H3,(H2,12,13,14,15). The first kappa shape index (κ1) is 10.8. The van der Waals surface area contributed by atoms with Crippen molar-refractivity contribution in [1.82, 2.24) is 15.0 Å². The van der Waals surface area contributed by atoms with Crippen molar-refractivity contribution in [2.45, 2.75) is 19.8 Å². The molecule has 6 heteroatoms. The molecule has 2 heterocycles. The van der Waals surface area contributed by atoms with E-state index in [2.05, 4.69) is 15.0 Å². The van der Waals surface area contributed by atoms with Gasteiger partial charge in [-0.1, -0.05) is 13.3 Å². The lowest BCUT2D eigenvalue weighted by atomic mass is 10.2. The van der Waals surface area contributed by atoms with Crippen LogP contribution in [-0.4, -0.2) is 20.1 Å². The molecule has 0 aliphatic carbocycles. The van der Waals surface area contributed by atoms with E-state index in [4.69, 9.17) is 0 Å². The van der Waals surface area contributed by atoms with Crippen LogP contribution < -0.4 is 5.56 Å². The van der Waals surface area contributed by atoms with E-state index in [1.807, 2.05) is 6.92 Å². The second kappa shape index (κ2) is 4.44. The van der Waals surface area contributed by atoms with Gasteiger partial charge in [-0.15, -0.1) is 11.3 Å². The first-order chi connectivity index (χ1) is 7.72. The second-order valence-electron chi connectivity index (χ2n) is 3.34. The Labute approximate surface area is 95.8 Å². The Morgan fingerprint density at radius 2 is 2.38 bits per heavy atom. The highest BCUT2D eigenvalue weighted by Gasteiger charge is 2.11. The van der Waals surface area contributed by atoms with Crippen LogP contribution >= 0.6 is 11.3 Å². The molecular formula is C10H11N3O2S. The summed E-state index contributed by atoms with van der Waals surface area (Å²) in [6.07, 6.45) is 1.31. The van der Waals surface area contributed by atoms with E-state index in [1.165, 1.54) is 11.3 Å². The van der Waals surface area contributed by atoms with Crippen molar-refractivity contribution in [3.63, 3.8) is 0 Å². The van der Waals surface area contributed by atoms with Gasteiger partial charge in [-0.3, -0.25) is 4.79 Å². The van der Waals surface area contributed by atoms with Crippen molar-refractivity contribution >= 4 is 11.3 Å². The molecule has 84 valence electrons. The van der Waals surface area contributed by atoms with Gasteiger partial charge in [0.25, 0.3) is 5.56 Å². The molecule has 0 spiro atoms. The summed E-state index contributed by atoms with van der Waals surface area (Å²) >= 11 is 1.41. The van der Waals surface area contributed by atoms with Crippen molar-refractivity contribution in [2.24, 2.45) is 0 Å². The molecule has 0 atom stereocenters. The first-order valence-corrected chi connectivity index (χ1v) is 5.87. The summed E-state index contributed by atoms with van der Waals surface area (Å²) in [6, 6.07) is 0. The van der Waals surface area contributed by atoms with E-state index < -0.39 is 0 Å². The third kappa shape index (κ3) is 1.96. The minimum atomic E-state index is -0.294. The number of H-pyrrole nitrogens is 1. The Kier molecular flexibility index (Phi) is 3.00. The van der Waals surface area contributed by atoms with Crippen LogP contribution in [0.1, 0.15) is 18.9 Å². The van der Waals surface area contributed by atoms with Gasteiger partial charge in [-0.2, -0.15) is 4.98 Å². The predicted molar refractivity (Wildman–Crippen MR) is 61.6 cm³/mol. The van der Waals surface area contributed by atoms with Crippen molar-refractivity contribution in [3.05, 3.63) is 26.8 Å². The Bertz CT molecular complexity index is 533. The molecule has 0 amide bonds. The second-order valence-corrected chi connectivity index (χ2v) is 4.06. The molecule has 2 rings (SSSR count). The topological polar surface area (TPSA) is 78.9 Å². The van der Waals surface area contributed by atoms with Crippen LogP contribution in [0.3, 0.4) is 0 Å². The van der Waals surface area contributed by atoms with E-state index in [0.29, 0.717) is 23.5 Å². The minimum Gasteiger partial charge on any atom is -0.493 e. The molecule has 0 unspecified atom stereocenters. The molecule has 0 bridgehead atoms. The van der Waals surface area contributed by atoms with Crippen LogP contribution in [0.25, 0.3) is 11.5 Å². The van der Waals surface area contributed by atoms with Crippen LogP contribution in [0.2, 0.25) is 0 Å². The molecule has 0 fully saturated rings. The van der Waals surface area contributed by atoms with Gasteiger partial charge in [0.05, 0.1) is 11.1 Å².